The Bertz CT molecular complexity index is 404. The first-order valence-corrected chi connectivity index (χ1v) is 8.06. The van der Waals surface area contributed by atoms with E-state index in [4.69, 9.17) is 4.98 Å². The smallest absolute Gasteiger partial charge is 0.129 e. The molecule has 2 rings (SSSR count). The van der Waals surface area contributed by atoms with E-state index in [2.05, 4.69) is 43.1 Å². The highest BCUT2D eigenvalue weighted by atomic mass is 15.2. The Morgan fingerprint density at radius 2 is 2.20 bits per heavy atom. The number of anilines is 1. The van der Waals surface area contributed by atoms with Gasteiger partial charge in [-0.1, -0.05) is 27.2 Å². The highest BCUT2D eigenvalue weighted by Gasteiger charge is 2.28. The Hall–Kier alpha value is -1.09. The first-order chi connectivity index (χ1) is 9.65. The summed E-state index contributed by atoms with van der Waals surface area (Å²) in [6, 6.07) is 5.18. The summed E-state index contributed by atoms with van der Waals surface area (Å²) in [5.74, 6) is 1.89. The van der Waals surface area contributed by atoms with Crippen LogP contribution in [0.15, 0.2) is 12.1 Å². The highest BCUT2D eigenvalue weighted by molar-refractivity contribution is 5.45. The summed E-state index contributed by atoms with van der Waals surface area (Å²) in [6.45, 7) is 8.95. The van der Waals surface area contributed by atoms with Crippen LogP contribution in [0.2, 0.25) is 0 Å². The van der Waals surface area contributed by atoms with Crippen molar-refractivity contribution in [3.8, 4) is 0 Å². The molecule has 20 heavy (non-hydrogen) atoms. The van der Waals surface area contributed by atoms with Gasteiger partial charge in [-0.2, -0.15) is 0 Å². The largest absolute Gasteiger partial charge is 0.353 e. The molecule has 1 fully saturated rings. The van der Waals surface area contributed by atoms with Crippen LogP contribution in [0.5, 0.6) is 0 Å². The van der Waals surface area contributed by atoms with Crippen molar-refractivity contribution in [1.29, 1.82) is 0 Å². The first kappa shape index (κ1) is 15.3. The number of nitrogens with one attached hydrogen (secondary N) is 1. The zero-order valence-corrected chi connectivity index (χ0v) is 13.4. The van der Waals surface area contributed by atoms with E-state index in [0.29, 0.717) is 12.0 Å². The molecule has 1 aromatic rings. The van der Waals surface area contributed by atoms with Gasteiger partial charge in [-0.15, -0.1) is 0 Å². The number of rotatable bonds is 6. The van der Waals surface area contributed by atoms with Gasteiger partial charge in [0.05, 0.1) is 0 Å². The lowest BCUT2D eigenvalue weighted by Crippen LogP contribution is -2.34. The van der Waals surface area contributed by atoms with Gasteiger partial charge in [0.1, 0.15) is 5.82 Å². The Morgan fingerprint density at radius 1 is 1.40 bits per heavy atom. The minimum absolute atomic E-state index is 0.654. The van der Waals surface area contributed by atoms with E-state index < -0.39 is 0 Å². The fraction of sp³-hybridized carbons (Fsp3) is 0.706. The topological polar surface area (TPSA) is 28.2 Å². The maximum atomic E-state index is 4.92. The van der Waals surface area contributed by atoms with Crippen molar-refractivity contribution in [2.75, 3.05) is 18.5 Å². The number of aryl methyl sites for hydroxylation is 1. The molecule has 2 heterocycles. The van der Waals surface area contributed by atoms with Crippen molar-refractivity contribution in [2.45, 2.75) is 59.0 Å². The molecule has 0 spiro atoms. The summed E-state index contributed by atoms with van der Waals surface area (Å²) in [5, 5.41) is 3.26. The monoisotopic (exact) mass is 275 g/mol. The number of nitrogens with zero attached hydrogens (tertiary/aromatic N) is 2. The highest BCUT2D eigenvalue weighted by Crippen LogP contribution is 2.29. The quantitative estimate of drug-likeness (QED) is 0.862. The van der Waals surface area contributed by atoms with Gasteiger partial charge in [-0.3, -0.25) is 0 Å². The van der Waals surface area contributed by atoms with E-state index in [1.165, 1.54) is 29.9 Å². The van der Waals surface area contributed by atoms with E-state index in [0.717, 1.165) is 25.9 Å². The van der Waals surface area contributed by atoms with Crippen LogP contribution < -0.4 is 10.2 Å². The average Bonchev–Trinajstić information content (AvgIpc) is 2.88. The lowest BCUT2D eigenvalue weighted by molar-refractivity contribution is 0.489. The molecule has 1 aliphatic rings. The second kappa shape index (κ2) is 7.07. The van der Waals surface area contributed by atoms with Gasteiger partial charge in [-0.25, -0.2) is 4.98 Å². The van der Waals surface area contributed by atoms with Crippen LogP contribution in [0.1, 0.15) is 51.3 Å². The van der Waals surface area contributed by atoms with E-state index >= 15 is 0 Å². The molecule has 1 N–H and O–H groups in total. The molecule has 1 unspecified atom stereocenters. The lowest BCUT2D eigenvalue weighted by atomic mass is 10.0. The number of aromatic nitrogens is 1. The Balaban J connectivity index is 2.29. The molecular formula is C17H29N3. The van der Waals surface area contributed by atoms with Crippen LogP contribution in [0.3, 0.4) is 0 Å². The van der Waals surface area contributed by atoms with Gasteiger partial charge in [0.2, 0.25) is 0 Å². The fourth-order valence-electron chi connectivity index (χ4n) is 3.24. The zero-order valence-electron chi connectivity index (χ0n) is 13.4. The predicted molar refractivity (Wildman–Crippen MR) is 86.2 cm³/mol. The summed E-state index contributed by atoms with van der Waals surface area (Å²) in [6.07, 6.45) is 4.83. The molecule has 0 aromatic carbocycles. The van der Waals surface area contributed by atoms with Crippen LogP contribution in [-0.4, -0.2) is 24.6 Å². The van der Waals surface area contributed by atoms with Crippen LogP contribution in [-0.2, 0) is 13.0 Å². The summed E-state index contributed by atoms with van der Waals surface area (Å²) >= 11 is 0. The number of hydrogen-bond donors (Lipinski definition) is 1. The van der Waals surface area contributed by atoms with Gasteiger partial charge in [-0.05, 0) is 49.9 Å². The van der Waals surface area contributed by atoms with E-state index in [1.807, 2.05) is 7.05 Å². The van der Waals surface area contributed by atoms with Crippen LogP contribution in [0, 0.1) is 5.92 Å². The van der Waals surface area contributed by atoms with Crippen LogP contribution in [0.25, 0.3) is 0 Å². The molecule has 0 radical (unpaired) electrons. The molecule has 3 nitrogen and oxygen atoms in total. The third-order valence-corrected chi connectivity index (χ3v) is 4.17. The van der Waals surface area contributed by atoms with Gasteiger partial charge in [0.25, 0.3) is 0 Å². The average molecular weight is 275 g/mol. The third-order valence-electron chi connectivity index (χ3n) is 4.17. The van der Waals surface area contributed by atoms with Crippen LogP contribution >= 0.6 is 0 Å². The molecule has 0 saturated carbocycles. The lowest BCUT2D eigenvalue weighted by Gasteiger charge is -2.29. The molecule has 1 atom stereocenters. The molecule has 1 saturated heterocycles. The van der Waals surface area contributed by atoms with Crippen LogP contribution in [0.4, 0.5) is 5.82 Å². The van der Waals surface area contributed by atoms with Crippen molar-refractivity contribution >= 4 is 5.82 Å². The summed E-state index contributed by atoms with van der Waals surface area (Å²) in [7, 11) is 2.01. The van der Waals surface area contributed by atoms with E-state index in [-0.39, 0.29) is 0 Å². The SMILES string of the molecule is CCCc1cc(CNC)cc(N2CCCC2C(C)C)n1. The molecule has 0 bridgehead atoms. The van der Waals surface area contributed by atoms with Crippen molar-refractivity contribution in [2.24, 2.45) is 5.92 Å². The minimum atomic E-state index is 0.654. The second-order valence-corrected chi connectivity index (χ2v) is 6.25. The second-order valence-electron chi connectivity index (χ2n) is 6.25. The van der Waals surface area contributed by atoms with Crippen molar-refractivity contribution in [3.63, 3.8) is 0 Å². The standard InChI is InChI=1S/C17H29N3/c1-5-7-15-10-14(12-18-4)11-17(19-15)20-9-6-8-16(20)13(2)3/h10-11,13,16,18H,5-9,12H2,1-4H3. The van der Waals surface area contributed by atoms with E-state index in [1.54, 1.807) is 0 Å². The van der Waals surface area contributed by atoms with Gasteiger partial charge >= 0.3 is 0 Å². The maximum Gasteiger partial charge on any atom is 0.129 e. The minimum Gasteiger partial charge on any atom is -0.353 e. The Morgan fingerprint density at radius 3 is 2.85 bits per heavy atom. The molecule has 1 aromatic heterocycles. The predicted octanol–water partition coefficient (Wildman–Crippen LogP) is 3.38. The van der Waals surface area contributed by atoms with Crippen molar-refractivity contribution in [3.05, 3.63) is 23.4 Å². The summed E-state index contributed by atoms with van der Waals surface area (Å²) in [4.78, 5) is 7.45. The zero-order chi connectivity index (χ0) is 14.5. The first-order valence-electron chi connectivity index (χ1n) is 8.06. The van der Waals surface area contributed by atoms with Crippen molar-refractivity contribution in [1.82, 2.24) is 10.3 Å². The Kier molecular flexibility index (Phi) is 5.41. The number of hydrogen-bond acceptors (Lipinski definition) is 3. The van der Waals surface area contributed by atoms with Crippen molar-refractivity contribution < 1.29 is 0 Å². The fourth-order valence-corrected chi connectivity index (χ4v) is 3.24. The Labute approximate surface area is 123 Å². The van der Waals surface area contributed by atoms with Gasteiger partial charge in [0, 0.05) is 24.8 Å². The summed E-state index contributed by atoms with van der Waals surface area (Å²) in [5.41, 5.74) is 2.60. The molecule has 0 amide bonds. The molecule has 3 heteroatoms. The molecule has 1 aliphatic heterocycles. The van der Waals surface area contributed by atoms with E-state index in [9.17, 15) is 0 Å². The molecule has 112 valence electrons. The third kappa shape index (κ3) is 3.51. The van der Waals surface area contributed by atoms with Gasteiger partial charge < -0.3 is 10.2 Å². The van der Waals surface area contributed by atoms with Gasteiger partial charge in [0.15, 0.2) is 0 Å². The molecule has 0 aliphatic carbocycles. The normalized spacial score (nSPS) is 19.1. The number of pyridine rings is 1. The maximum absolute atomic E-state index is 4.92. The molecular weight excluding hydrogens is 246 g/mol. The summed E-state index contributed by atoms with van der Waals surface area (Å²) < 4.78 is 0.